The maximum Gasteiger partial charge on any atom is 0.184 e. The Kier molecular flexibility index (Phi) is 3.21. The number of hydrogen-bond donors (Lipinski definition) is 1. The molecule has 1 heterocycles. The van der Waals surface area contributed by atoms with Gasteiger partial charge in [0.05, 0.1) is 5.56 Å². The summed E-state index contributed by atoms with van der Waals surface area (Å²) < 4.78 is 15.0. The van der Waals surface area contributed by atoms with Crippen LogP contribution in [0.15, 0.2) is 24.3 Å². The van der Waals surface area contributed by atoms with Gasteiger partial charge in [-0.1, -0.05) is 12.1 Å². The smallest absolute Gasteiger partial charge is 0.184 e. The average Bonchev–Trinajstić information content (AvgIpc) is 2.75. The molecule has 1 N–H and O–H groups in total. The maximum absolute atomic E-state index is 13.5. The molecule has 0 spiro atoms. The second-order valence-corrected chi connectivity index (χ2v) is 3.28. The predicted octanol–water partition coefficient (Wildman–Crippen LogP) is 0.862. The Labute approximate surface area is 91.5 Å². The van der Waals surface area contributed by atoms with Crippen molar-refractivity contribution in [3.05, 3.63) is 30.1 Å². The lowest BCUT2D eigenvalue weighted by atomic mass is 10.2. The molecule has 1 aromatic carbocycles. The van der Waals surface area contributed by atoms with Crippen molar-refractivity contribution in [1.82, 2.24) is 20.2 Å². The van der Waals surface area contributed by atoms with Crippen molar-refractivity contribution in [2.75, 3.05) is 6.61 Å². The largest absolute Gasteiger partial charge is 0.396 e. The van der Waals surface area contributed by atoms with Crippen molar-refractivity contribution < 1.29 is 9.50 Å². The van der Waals surface area contributed by atoms with Crippen molar-refractivity contribution >= 4 is 0 Å². The van der Waals surface area contributed by atoms with Crippen LogP contribution in [0.25, 0.3) is 11.4 Å². The van der Waals surface area contributed by atoms with E-state index in [1.165, 1.54) is 10.7 Å². The van der Waals surface area contributed by atoms with Gasteiger partial charge in [0.1, 0.15) is 5.82 Å². The van der Waals surface area contributed by atoms with E-state index in [-0.39, 0.29) is 12.4 Å². The Balaban J connectivity index is 2.33. The first-order valence-electron chi connectivity index (χ1n) is 4.95. The van der Waals surface area contributed by atoms with Crippen molar-refractivity contribution in [3.63, 3.8) is 0 Å². The quantitative estimate of drug-likeness (QED) is 0.833. The lowest BCUT2D eigenvalue weighted by Gasteiger charge is -2.03. The van der Waals surface area contributed by atoms with Crippen LogP contribution in [-0.4, -0.2) is 31.9 Å². The summed E-state index contributed by atoms with van der Waals surface area (Å²) in [5, 5.41) is 19.8. The molecular formula is C10H11FN4O. The van der Waals surface area contributed by atoms with Crippen LogP contribution in [0, 0.1) is 5.82 Å². The summed E-state index contributed by atoms with van der Waals surface area (Å²) in [7, 11) is 0. The minimum atomic E-state index is -0.359. The highest BCUT2D eigenvalue weighted by atomic mass is 19.1. The summed E-state index contributed by atoms with van der Waals surface area (Å²) in [4.78, 5) is 0. The lowest BCUT2D eigenvalue weighted by molar-refractivity contribution is 0.276. The van der Waals surface area contributed by atoms with E-state index in [4.69, 9.17) is 5.11 Å². The molecule has 0 amide bonds. The van der Waals surface area contributed by atoms with Crippen LogP contribution < -0.4 is 0 Å². The molecule has 0 aliphatic rings. The van der Waals surface area contributed by atoms with Crippen molar-refractivity contribution in [2.45, 2.75) is 13.0 Å². The van der Waals surface area contributed by atoms with Crippen molar-refractivity contribution in [2.24, 2.45) is 0 Å². The summed E-state index contributed by atoms with van der Waals surface area (Å²) >= 11 is 0. The topological polar surface area (TPSA) is 63.8 Å². The van der Waals surface area contributed by atoms with E-state index in [2.05, 4.69) is 15.5 Å². The second-order valence-electron chi connectivity index (χ2n) is 3.28. The summed E-state index contributed by atoms with van der Waals surface area (Å²) in [5.41, 5.74) is 0.366. The zero-order valence-electron chi connectivity index (χ0n) is 8.54. The molecule has 0 aliphatic carbocycles. The molecule has 2 rings (SSSR count). The molecule has 2 aromatic rings. The van der Waals surface area contributed by atoms with Gasteiger partial charge < -0.3 is 5.11 Å². The normalized spacial score (nSPS) is 10.6. The molecule has 84 valence electrons. The van der Waals surface area contributed by atoms with E-state index in [0.717, 1.165) is 0 Å². The van der Waals surface area contributed by atoms with Crippen LogP contribution in [0.4, 0.5) is 4.39 Å². The standard InChI is InChI=1S/C10H11FN4O/c11-9-5-2-1-4-8(9)10-12-13-14-15(10)6-3-7-16/h1-2,4-5,16H,3,6-7H2. The molecule has 0 saturated carbocycles. The van der Waals surface area contributed by atoms with E-state index >= 15 is 0 Å². The van der Waals surface area contributed by atoms with Crippen LogP contribution >= 0.6 is 0 Å². The van der Waals surface area contributed by atoms with Crippen molar-refractivity contribution in [1.29, 1.82) is 0 Å². The van der Waals surface area contributed by atoms with Crippen molar-refractivity contribution in [3.8, 4) is 11.4 Å². The number of hydrogen-bond acceptors (Lipinski definition) is 4. The first kappa shape index (κ1) is 10.7. The fourth-order valence-electron chi connectivity index (χ4n) is 1.41. The van der Waals surface area contributed by atoms with E-state index in [0.29, 0.717) is 24.4 Å². The van der Waals surface area contributed by atoms with Gasteiger partial charge in [-0.3, -0.25) is 0 Å². The number of nitrogens with zero attached hydrogens (tertiary/aromatic N) is 4. The Morgan fingerprint density at radius 2 is 2.12 bits per heavy atom. The van der Waals surface area contributed by atoms with E-state index in [1.54, 1.807) is 18.2 Å². The Hall–Kier alpha value is -1.82. The molecule has 0 unspecified atom stereocenters. The third-order valence-corrected chi connectivity index (χ3v) is 2.17. The van der Waals surface area contributed by atoms with Crippen LogP contribution in [0.2, 0.25) is 0 Å². The van der Waals surface area contributed by atoms with Gasteiger partial charge in [-0.15, -0.1) is 5.10 Å². The highest BCUT2D eigenvalue weighted by molar-refractivity contribution is 5.55. The van der Waals surface area contributed by atoms with Gasteiger partial charge in [0.15, 0.2) is 5.82 Å². The van der Waals surface area contributed by atoms with E-state index < -0.39 is 0 Å². The van der Waals surface area contributed by atoms with Gasteiger partial charge in [-0.25, -0.2) is 9.07 Å². The van der Waals surface area contributed by atoms with Gasteiger partial charge in [0.25, 0.3) is 0 Å². The molecule has 0 fully saturated rings. The average molecular weight is 222 g/mol. The van der Waals surface area contributed by atoms with E-state index in [9.17, 15) is 4.39 Å². The molecule has 6 heteroatoms. The molecule has 16 heavy (non-hydrogen) atoms. The molecule has 0 atom stereocenters. The minimum absolute atomic E-state index is 0.0522. The van der Waals surface area contributed by atoms with Crippen LogP contribution in [0.1, 0.15) is 6.42 Å². The number of tetrazole rings is 1. The molecule has 0 bridgehead atoms. The maximum atomic E-state index is 13.5. The van der Waals surface area contributed by atoms with Crippen LogP contribution in [-0.2, 0) is 6.54 Å². The molecule has 0 radical (unpaired) electrons. The molecule has 1 aromatic heterocycles. The third-order valence-electron chi connectivity index (χ3n) is 2.17. The van der Waals surface area contributed by atoms with Crippen LogP contribution in [0.5, 0.6) is 0 Å². The highest BCUT2D eigenvalue weighted by Crippen LogP contribution is 2.19. The van der Waals surface area contributed by atoms with Gasteiger partial charge in [0.2, 0.25) is 0 Å². The fourth-order valence-corrected chi connectivity index (χ4v) is 1.41. The predicted molar refractivity (Wildman–Crippen MR) is 54.9 cm³/mol. The first-order valence-corrected chi connectivity index (χ1v) is 4.95. The molecule has 5 nitrogen and oxygen atoms in total. The number of aromatic nitrogens is 4. The number of benzene rings is 1. The second kappa shape index (κ2) is 4.80. The van der Waals surface area contributed by atoms with E-state index in [1.807, 2.05) is 0 Å². The molecule has 0 aliphatic heterocycles. The first-order chi connectivity index (χ1) is 7.83. The number of halogens is 1. The van der Waals surface area contributed by atoms with Gasteiger partial charge in [-0.2, -0.15) is 0 Å². The number of aliphatic hydroxyl groups is 1. The Morgan fingerprint density at radius 1 is 1.31 bits per heavy atom. The van der Waals surface area contributed by atoms with Crippen LogP contribution in [0.3, 0.4) is 0 Å². The van der Waals surface area contributed by atoms with Gasteiger partial charge >= 0.3 is 0 Å². The minimum Gasteiger partial charge on any atom is -0.396 e. The molecule has 0 saturated heterocycles. The number of aliphatic hydroxyl groups excluding tert-OH is 1. The summed E-state index contributed by atoms with van der Waals surface area (Å²) in [6, 6.07) is 6.32. The Morgan fingerprint density at radius 3 is 2.88 bits per heavy atom. The SMILES string of the molecule is OCCCn1nnnc1-c1ccccc1F. The monoisotopic (exact) mass is 222 g/mol. The summed E-state index contributed by atoms with van der Waals surface area (Å²) in [6.07, 6.45) is 0.534. The zero-order valence-corrected chi connectivity index (χ0v) is 8.54. The fraction of sp³-hybridized carbons (Fsp3) is 0.300. The lowest BCUT2D eigenvalue weighted by Crippen LogP contribution is -2.05. The third kappa shape index (κ3) is 2.06. The Bertz CT molecular complexity index is 471. The number of aryl methyl sites for hydroxylation is 1. The number of rotatable bonds is 4. The molecular weight excluding hydrogens is 211 g/mol. The highest BCUT2D eigenvalue weighted by Gasteiger charge is 2.12. The summed E-state index contributed by atoms with van der Waals surface area (Å²) in [6.45, 7) is 0.518. The summed E-state index contributed by atoms with van der Waals surface area (Å²) in [5.74, 6) is 0.0223. The van der Waals surface area contributed by atoms with Gasteiger partial charge in [0, 0.05) is 13.2 Å². The zero-order chi connectivity index (χ0) is 11.4. The van der Waals surface area contributed by atoms with Gasteiger partial charge in [-0.05, 0) is 29.0 Å².